The highest BCUT2D eigenvalue weighted by Crippen LogP contribution is 2.11. The molecule has 4 heteroatoms. The molecule has 0 spiro atoms. The molecule has 0 aliphatic carbocycles. The number of carbonyl (C=O) groups excluding carboxylic acids is 1. The lowest BCUT2D eigenvalue weighted by atomic mass is 10.0. The lowest BCUT2D eigenvalue weighted by molar-refractivity contribution is -0.120. The van der Waals surface area contributed by atoms with Gasteiger partial charge in [-0.1, -0.05) is 52.0 Å². The molecule has 2 N–H and O–H groups in total. The van der Waals surface area contributed by atoms with Gasteiger partial charge in [-0.3, -0.25) is 4.79 Å². The second kappa shape index (κ2) is 14.7. The molecular formula is C22H43N3O. The summed E-state index contributed by atoms with van der Waals surface area (Å²) in [5.41, 5.74) is 2.96. The van der Waals surface area contributed by atoms with Crippen molar-refractivity contribution in [2.24, 2.45) is 0 Å². The number of nitrogens with zero attached hydrogens (tertiary/aromatic N) is 1. The number of nitrogens with one attached hydrogen (secondary N) is 2. The van der Waals surface area contributed by atoms with E-state index in [0.717, 1.165) is 12.1 Å². The average molecular weight is 366 g/mol. The van der Waals surface area contributed by atoms with E-state index in [-0.39, 0.29) is 7.33 Å². The highest BCUT2D eigenvalue weighted by atomic mass is 16.1. The maximum atomic E-state index is 11.4. The van der Waals surface area contributed by atoms with Gasteiger partial charge < -0.3 is 15.5 Å². The van der Waals surface area contributed by atoms with Crippen LogP contribution in [0.25, 0.3) is 0 Å². The van der Waals surface area contributed by atoms with Gasteiger partial charge in [-0.15, -0.1) is 0 Å². The molecule has 1 aliphatic rings. The van der Waals surface area contributed by atoms with E-state index in [4.69, 9.17) is 0 Å². The summed E-state index contributed by atoms with van der Waals surface area (Å²) in [6.45, 7) is 20.7. The van der Waals surface area contributed by atoms with Crippen molar-refractivity contribution >= 4 is 5.91 Å². The average Bonchev–Trinajstić information content (AvgIpc) is 2.67. The van der Waals surface area contributed by atoms with E-state index in [2.05, 4.69) is 42.0 Å². The topological polar surface area (TPSA) is 44.4 Å². The molecule has 0 unspecified atom stereocenters. The van der Waals surface area contributed by atoms with Crippen molar-refractivity contribution in [1.29, 1.82) is 0 Å². The van der Waals surface area contributed by atoms with Crippen LogP contribution in [0.4, 0.5) is 0 Å². The summed E-state index contributed by atoms with van der Waals surface area (Å²) in [4.78, 5) is 13.9. The quantitative estimate of drug-likeness (QED) is 0.584. The lowest BCUT2D eigenvalue weighted by Gasteiger charge is -2.32. The van der Waals surface area contributed by atoms with E-state index in [0.29, 0.717) is 18.2 Å². The molecule has 1 rings (SSSR count). The Morgan fingerprint density at radius 3 is 2.35 bits per heavy atom. The summed E-state index contributed by atoms with van der Waals surface area (Å²) in [6, 6.07) is 0.630. The first kappa shape index (κ1) is 24.6. The van der Waals surface area contributed by atoms with Gasteiger partial charge in [-0.25, -0.2) is 0 Å². The SMILES string of the molecule is C=C(NC(=O)CC)/C(C)=C\C=C(/C)CNC1CCN(CCC)CC1.CC.[HH]. The number of amides is 1. The Balaban J connectivity index is 0. The minimum Gasteiger partial charge on any atom is -0.326 e. The molecule has 1 amide bonds. The number of hydrogen-bond donors (Lipinski definition) is 2. The molecule has 26 heavy (non-hydrogen) atoms. The van der Waals surface area contributed by atoms with Crippen LogP contribution in [0.5, 0.6) is 0 Å². The first-order chi connectivity index (χ1) is 12.5. The zero-order valence-electron chi connectivity index (χ0n) is 18.0. The summed E-state index contributed by atoms with van der Waals surface area (Å²) >= 11 is 0. The molecule has 4 nitrogen and oxygen atoms in total. The molecule has 0 aromatic heterocycles. The van der Waals surface area contributed by atoms with Crippen LogP contribution in [-0.4, -0.2) is 43.0 Å². The summed E-state index contributed by atoms with van der Waals surface area (Å²) < 4.78 is 0. The van der Waals surface area contributed by atoms with Crippen molar-refractivity contribution in [3.63, 3.8) is 0 Å². The van der Waals surface area contributed by atoms with Gasteiger partial charge in [0.25, 0.3) is 0 Å². The molecule has 0 aromatic rings. The maximum absolute atomic E-state index is 11.4. The number of carbonyl (C=O) groups is 1. The number of allylic oxidation sites excluding steroid dienone is 3. The van der Waals surface area contributed by atoms with Crippen LogP contribution in [0.2, 0.25) is 0 Å². The van der Waals surface area contributed by atoms with Crippen LogP contribution >= 0.6 is 0 Å². The second-order valence-electron chi connectivity index (χ2n) is 6.74. The first-order valence-corrected chi connectivity index (χ1v) is 10.2. The van der Waals surface area contributed by atoms with Gasteiger partial charge in [0, 0.05) is 26.1 Å². The largest absolute Gasteiger partial charge is 0.326 e. The maximum Gasteiger partial charge on any atom is 0.224 e. The number of likely N-dealkylation sites (tertiary alicyclic amines) is 1. The minimum atomic E-state index is 0. The number of hydrogen-bond acceptors (Lipinski definition) is 3. The van der Waals surface area contributed by atoms with Crippen molar-refractivity contribution in [3.05, 3.63) is 35.6 Å². The molecule has 1 heterocycles. The fraction of sp³-hybridized carbons (Fsp3) is 0.682. The summed E-state index contributed by atoms with van der Waals surface area (Å²) in [7, 11) is 0. The summed E-state index contributed by atoms with van der Waals surface area (Å²) in [5, 5.41) is 6.46. The van der Waals surface area contributed by atoms with Gasteiger partial charge in [-0.05, 0) is 58.3 Å². The zero-order chi connectivity index (χ0) is 19.9. The summed E-state index contributed by atoms with van der Waals surface area (Å²) in [5.74, 6) is 0.00420. The molecular weight excluding hydrogens is 322 g/mol. The summed E-state index contributed by atoms with van der Waals surface area (Å²) in [6.07, 6.45) is 8.33. The fourth-order valence-corrected chi connectivity index (χ4v) is 2.76. The van der Waals surface area contributed by atoms with E-state index in [1.54, 1.807) is 0 Å². The Hall–Kier alpha value is -1.39. The van der Waals surface area contributed by atoms with Gasteiger partial charge >= 0.3 is 0 Å². The molecule has 1 saturated heterocycles. The van der Waals surface area contributed by atoms with Gasteiger partial charge in [0.1, 0.15) is 0 Å². The van der Waals surface area contributed by atoms with Gasteiger partial charge in [0.05, 0.1) is 0 Å². The van der Waals surface area contributed by atoms with Crippen LogP contribution in [0, 0.1) is 0 Å². The molecule has 0 saturated carbocycles. The zero-order valence-corrected chi connectivity index (χ0v) is 18.0. The smallest absolute Gasteiger partial charge is 0.224 e. The predicted octanol–water partition coefficient (Wildman–Crippen LogP) is 4.66. The lowest BCUT2D eigenvalue weighted by Crippen LogP contribution is -2.43. The molecule has 152 valence electrons. The Morgan fingerprint density at radius 2 is 1.81 bits per heavy atom. The van der Waals surface area contributed by atoms with Crippen molar-refractivity contribution in [2.45, 2.75) is 73.3 Å². The van der Waals surface area contributed by atoms with Crippen LogP contribution in [0.1, 0.15) is 68.7 Å². The molecule has 0 atom stereocenters. The Kier molecular flexibility index (Phi) is 14.0. The molecule has 1 fully saturated rings. The third-order valence-electron chi connectivity index (χ3n) is 4.50. The monoisotopic (exact) mass is 365 g/mol. The highest BCUT2D eigenvalue weighted by Gasteiger charge is 2.17. The van der Waals surface area contributed by atoms with Crippen molar-refractivity contribution in [1.82, 2.24) is 15.5 Å². The predicted molar refractivity (Wildman–Crippen MR) is 116 cm³/mol. The molecule has 0 bridgehead atoms. The Morgan fingerprint density at radius 1 is 1.19 bits per heavy atom. The molecule has 1 aliphatic heterocycles. The van der Waals surface area contributed by atoms with E-state index < -0.39 is 0 Å². The fourth-order valence-electron chi connectivity index (χ4n) is 2.76. The van der Waals surface area contributed by atoms with Gasteiger partial charge in [0.15, 0.2) is 0 Å². The van der Waals surface area contributed by atoms with E-state index >= 15 is 0 Å². The molecule has 0 aromatic carbocycles. The standard InChI is InChI=1S/C20H35N3O.C2H6.H2/c1-6-12-23-13-10-19(11-14-23)21-15-16(3)8-9-17(4)18(5)22-20(24)7-2;1-2;/h8-9,19,21H,5-7,10-15H2,1-4H3,(H,22,24);1-2H3;1H/b16-8+,17-9-;;. The van der Waals surface area contributed by atoms with Gasteiger partial charge in [-0.2, -0.15) is 0 Å². The highest BCUT2D eigenvalue weighted by molar-refractivity contribution is 5.78. The first-order valence-electron chi connectivity index (χ1n) is 10.2. The Bertz CT molecular complexity index is 478. The number of piperidine rings is 1. The van der Waals surface area contributed by atoms with Crippen molar-refractivity contribution < 1.29 is 6.22 Å². The number of rotatable bonds is 9. The van der Waals surface area contributed by atoms with E-state index in [1.807, 2.05) is 33.8 Å². The van der Waals surface area contributed by atoms with Crippen LogP contribution < -0.4 is 10.6 Å². The third kappa shape index (κ3) is 10.6. The van der Waals surface area contributed by atoms with Crippen molar-refractivity contribution in [3.8, 4) is 0 Å². The van der Waals surface area contributed by atoms with Crippen LogP contribution in [0.3, 0.4) is 0 Å². The second-order valence-corrected chi connectivity index (χ2v) is 6.74. The van der Waals surface area contributed by atoms with Crippen molar-refractivity contribution in [2.75, 3.05) is 26.2 Å². The Labute approximate surface area is 163 Å². The van der Waals surface area contributed by atoms with E-state index in [1.165, 1.54) is 44.5 Å². The van der Waals surface area contributed by atoms with E-state index in [9.17, 15) is 4.79 Å². The van der Waals surface area contributed by atoms with Crippen LogP contribution in [-0.2, 0) is 4.79 Å². The third-order valence-corrected chi connectivity index (χ3v) is 4.50. The van der Waals surface area contributed by atoms with Crippen LogP contribution in [0.15, 0.2) is 35.6 Å². The minimum absolute atomic E-state index is 0. The van der Waals surface area contributed by atoms with Gasteiger partial charge in [0.2, 0.25) is 5.91 Å². The molecule has 0 radical (unpaired) electrons. The normalized spacial score (nSPS) is 16.7.